The number of nitrogens with one attached hydrogen (secondary N) is 2. The van der Waals surface area contributed by atoms with Gasteiger partial charge >= 0.3 is 6.03 Å². The van der Waals surface area contributed by atoms with Crippen molar-refractivity contribution >= 4 is 23.5 Å². The molecule has 0 aromatic heterocycles. The van der Waals surface area contributed by atoms with Crippen LogP contribution in [0, 0.1) is 6.92 Å². The molecule has 2 aliphatic rings. The van der Waals surface area contributed by atoms with E-state index in [2.05, 4.69) is 30.5 Å². The Balaban J connectivity index is 1.51. The van der Waals surface area contributed by atoms with Gasteiger partial charge in [-0.25, -0.2) is 4.79 Å². The molecular weight excluding hydrogens is 378 g/mol. The number of para-hydroxylation sites is 1. The second-order valence-electron chi connectivity index (χ2n) is 8.59. The first kappa shape index (κ1) is 20.1. The van der Waals surface area contributed by atoms with Gasteiger partial charge in [0, 0.05) is 12.1 Å². The number of carbonyl (C=O) groups excluding carboxylic acids is 3. The van der Waals surface area contributed by atoms with E-state index >= 15 is 0 Å². The van der Waals surface area contributed by atoms with Crippen LogP contribution in [0.1, 0.15) is 48.4 Å². The smallest absolute Gasteiger partial charge is 0.324 e. The average molecular weight is 405 g/mol. The van der Waals surface area contributed by atoms with Gasteiger partial charge in [-0.1, -0.05) is 56.3 Å². The van der Waals surface area contributed by atoms with Gasteiger partial charge in [0.05, 0.1) is 0 Å². The van der Waals surface area contributed by atoms with Crippen molar-refractivity contribution in [3.63, 3.8) is 0 Å². The Bertz CT molecular complexity index is 1030. The molecule has 0 radical (unpaired) electrons. The van der Waals surface area contributed by atoms with E-state index in [1.807, 2.05) is 43.3 Å². The maximum Gasteiger partial charge on any atom is 0.325 e. The summed E-state index contributed by atoms with van der Waals surface area (Å²) in [5.41, 5.74) is 4.07. The number of nitrogens with zero attached hydrogens (tertiary/aromatic N) is 1. The normalized spacial score (nSPS) is 20.5. The lowest BCUT2D eigenvalue weighted by molar-refractivity contribution is -0.134. The van der Waals surface area contributed by atoms with Crippen LogP contribution in [0.15, 0.2) is 42.5 Å². The van der Waals surface area contributed by atoms with Crippen LogP contribution in [-0.4, -0.2) is 34.8 Å². The van der Waals surface area contributed by atoms with Crippen LogP contribution in [-0.2, 0) is 22.4 Å². The summed E-state index contributed by atoms with van der Waals surface area (Å²) in [7, 11) is 0. The second kappa shape index (κ2) is 7.59. The molecule has 1 saturated heterocycles. The third-order valence-electron chi connectivity index (χ3n) is 6.17. The molecule has 2 aromatic carbocycles. The van der Waals surface area contributed by atoms with Crippen molar-refractivity contribution in [3.05, 3.63) is 64.7 Å². The Kier molecular flexibility index (Phi) is 5.10. The molecule has 4 rings (SSSR count). The van der Waals surface area contributed by atoms with E-state index < -0.39 is 11.6 Å². The van der Waals surface area contributed by atoms with Gasteiger partial charge in [0.2, 0.25) is 5.91 Å². The van der Waals surface area contributed by atoms with Crippen LogP contribution in [0.5, 0.6) is 0 Å². The number of amides is 4. The van der Waals surface area contributed by atoms with Crippen LogP contribution in [0.4, 0.5) is 10.5 Å². The lowest BCUT2D eigenvalue weighted by atomic mass is 9.78. The summed E-state index contributed by atoms with van der Waals surface area (Å²) >= 11 is 0. The molecule has 6 heteroatoms. The molecule has 6 nitrogen and oxygen atoms in total. The number of benzene rings is 2. The molecule has 2 N–H and O–H groups in total. The molecule has 1 spiro atoms. The summed E-state index contributed by atoms with van der Waals surface area (Å²) in [5, 5.41) is 5.80. The Morgan fingerprint density at radius 1 is 1.13 bits per heavy atom. The number of aryl methyl sites for hydroxylation is 2. The van der Waals surface area contributed by atoms with Gasteiger partial charge in [-0.15, -0.1) is 0 Å². The number of rotatable bonds is 4. The molecule has 1 heterocycles. The fourth-order valence-corrected chi connectivity index (χ4v) is 4.51. The average Bonchev–Trinajstić information content (AvgIpc) is 2.93. The van der Waals surface area contributed by atoms with Crippen molar-refractivity contribution in [3.8, 4) is 0 Å². The van der Waals surface area contributed by atoms with E-state index in [0.29, 0.717) is 12.8 Å². The monoisotopic (exact) mass is 405 g/mol. The van der Waals surface area contributed by atoms with Crippen molar-refractivity contribution in [1.29, 1.82) is 0 Å². The van der Waals surface area contributed by atoms with Crippen LogP contribution in [0.25, 0.3) is 0 Å². The lowest BCUT2D eigenvalue weighted by Gasteiger charge is -2.32. The third-order valence-corrected chi connectivity index (χ3v) is 6.17. The lowest BCUT2D eigenvalue weighted by Crippen LogP contribution is -2.51. The van der Waals surface area contributed by atoms with Crippen LogP contribution >= 0.6 is 0 Å². The van der Waals surface area contributed by atoms with Crippen molar-refractivity contribution < 1.29 is 14.4 Å². The number of hydrogen-bond acceptors (Lipinski definition) is 3. The maximum atomic E-state index is 13.2. The number of anilines is 1. The van der Waals surface area contributed by atoms with Crippen molar-refractivity contribution in [2.45, 2.75) is 51.5 Å². The Hall–Kier alpha value is -3.15. The molecule has 1 aliphatic carbocycles. The highest BCUT2D eigenvalue weighted by Crippen LogP contribution is 2.34. The van der Waals surface area contributed by atoms with E-state index in [-0.39, 0.29) is 24.3 Å². The summed E-state index contributed by atoms with van der Waals surface area (Å²) in [6.45, 7) is 5.77. The van der Waals surface area contributed by atoms with Crippen molar-refractivity contribution in [2.24, 2.45) is 0 Å². The number of imide groups is 1. The molecule has 1 unspecified atom stereocenters. The van der Waals surface area contributed by atoms with Gasteiger partial charge in [-0.2, -0.15) is 0 Å². The molecule has 0 saturated carbocycles. The number of urea groups is 1. The van der Waals surface area contributed by atoms with E-state index in [1.54, 1.807) is 0 Å². The minimum Gasteiger partial charge on any atom is -0.324 e. The Morgan fingerprint density at radius 3 is 2.60 bits per heavy atom. The Labute approximate surface area is 176 Å². The highest BCUT2D eigenvalue weighted by molar-refractivity contribution is 6.10. The fourth-order valence-electron chi connectivity index (χ4n) is 4.51. The van der Waals surface area contributed by atoms with Crippen LogP contribution in [0.2, 0.25) is 0 Å². The second-order valence-corrected chi connectivity index (χ2v) is 8.59. The highest BCUT2D eigenvalue weighted by atomic mass is 16.2. The number of hydrogen-bond donors (Lipinski definition) is 2. The Morgan fingerprint density at radius 2 is 1.87 bits per heavy atom. The zero-order valence-electron chi connectivity index (χ0n) is 17.6. The molecule has 4 amide bonds. The van der Waals surface area contributed by atoms with Gasteiger partial charge in [0.1, 0.15) is 12.1 Å². The quantitative estimate of drug-likeness (QED) is 0.764. The van der Waals surface area contributed by atoms with E-state index in [4.69, 9.17) is 0 Å². The molecule has 156 valence electrons. The number of fused-ring (bicyclic) bond motifs is 1. The number of carbonyl (C=O) groups is 3. The van der Waals surface area contributed by atoms with E-state index in [0.717, 1.165) is 33.7 Å². The van der Waals surface area contributed by atoms with Crippen molar-refractivity contribution in [2.75, 3.05) is 11.9 Å². The first-order valence-electron chi connectivity index (χ1n) is 10.4. The first-order chi connectivity index (χ1) is 14.3. The largest absolute Gasteiger partial charge is 0.325 e. The molecule has 1 atom stereocenters. The summed E-state index contributed by atoms with van der Waals surface area (Å²) in [4.78, 5) is 39.6. The molecule has 30 heavy (non-hydrogen) atoms. The molecule has 1 aliphatic heterocycles. The van der Waals surface area contributed by atoms with E-state index in [1.165, 1.54) is 5.56 Å². The summed E-state index contributed by atoms with van der Waals surface area (Å²) in [5.74, 6) is -0.448. The van der Waals surface area contributed by atoms with Crippen molar-refractivity contribution in [1.82, 2.24) is 10.2 Å². The minimum absolute atomic E-state index is 0.238. The van der Waals surface area contributed by atoms with Gasteiger partial charge in [-0.05, 0) is 47.9 Å². The van der Waals surface area contributed by atoms with Gasteiger partial charge in [0.25, 0.3) is 5.91 Å². The van der Waals surface area contributed by atoms with Gasteiger partial charge in [-0.3, -0.25) is 14.5 Å². The predicted molar refractivity (Wildman–Crippen MR) is 115 cm³/mol. The molecular formula is C24H27N3O3. The minimum atomic E-state index is -0.947. The SMILES string of the molecule is Cc1cccc(C(C)C)c1NC(=O)CN1C(=O)NC2(CCc3ccccc3C2)C1=O. The highest BCUT2D eigenvalue weighted by Gasteiger charge is 2.52. The molecule has 0 bridgehead atoms. The summed E-state index contributed by atoms with van der Waals surface area (Å²) in [6, 6.07) is 13.4. The van der Waals surface area contributed by atoms with Gasteiger partial charge in [0.15, 0.2) is 0 Å². The summed E-state index contributed by atoms with van der Waals surface area (Å²) < 4.78 is 0. The standard InChI is InChI=1S/C24H27N3O3/c1-15(2)19-10-6-7-16(3)21(19)25-20(28)14-27-22(29)24(26-23(27)30)12-11-17-8-4-5-9-18(17)13-24/h4-10,15H,11-14H2,1-3H3,(H,25,28)(H,26,30). The zero-order chi connectivity index (χ0) is 21.5. The molecule has 1 fully saturated rings. The van der Waals surface area contributed by atoms with Gasteiger partial charge < -0.3 is 10.6 Å². The zero-order valence-corrected chi connectivity index (χ0v) is 17.6. The topological polar surface area (TPSA) is 78.5 Å². The maximum absolute atomic E-state index is 13.2. The fraction of sp³-hybridized carbons (Fsp3) is 0.375. The summed E-state index contributed by atoms with van der Waals surface area (Å²) in [6.07, 6.45) is 1.73. The van der Waals surface area contributed by atoms with E-state index in [9.17, 15) is 14.4 Å². The predicted octanol–water partition coefficient (Wildman–Crippen LogP) is 3.54. The molecule has 2 aromatic rings. The van der Waals surface area contributed by atoms with Crippen LogP contribution < -0.4 is 10.6 Å². The first-order valence-corrected chi connectivity index (χ1v) is 10.4. The third kappa shape index (κ3) is 3.47. The van der Waals surface area contributed by atoms with Crippen LogP contribution in [0.3, 0.4) is 0 Å².